The van der Waals surface area contributed by atoms with Gasteiger partial charge in [-0.1, -0.05) is 29.3 Å². The van der Waals surface area contributed by atoms with E-state index in [1.54, 1.807) is 12.1 Å². The average molecular weight is 243 g/mol. The van der Waals surface area contributed by atoms with Crippen molar-refractivity contribution < 1.29 is 0 Å². The second-order valence-electron chi connectivity index (χ2n) is 2.69. The summed E-state index contributed by atoms with van der Waals surface area (Å²) < 4.78 is 0.771. The third kappa shape index (κ3) is 1.24. The summed E-state index contributed by atoms with van der Waals surface area (Å²) >= 11 is 13.1. The molecule has 2 rings (SSSR count). The molecule has 1 aromatic heterocycles. The van der Waals surface area contributed by atoms with Crippen molar-refractivity contribution in [1.29, 1.82) is 5.26 Å². The predicted molar refractivity (Wildman–Crippen MR) is 61.0 cm³/mol. The Morgan fingerprint density at radius 3 is 2.71 bits per heavy atom. The smallest absolute Gasteiger partial charge is 0.105 e. The quantitative estimate of drug-likeness (QED) is 0.767. The van der Waals surface area contributed by atoms with Gasteiger partial charge in [0.2, 0.25) is 0 Å². The lowest BCUT2D eigenvalue weighted by Crippen LogP contribution is -1.81. The lowest BCUT2D eigenvalue weighted by Gasteiger charge is -1.95. The van der Waals surface area contributed by atoms with Crippen LogP contribution < -0.4 is 5.73 Å². The van der Waals surface area contributed by atoms with Crippen LogP contribution in [-0.2, 0) is 0 Å². The zero-order valence-electron chi connectivity index (χ0n) is 6.84. The van der Waals surface area contributed by atoms with Crippen molar-refractivity contribution in [3.05, 3.63) is 27.7 Å². The highest BCUT2D eigenvalue weighted by atomic mass is 35.5. The third-order valence-corrected chi connectivity index (χ3v) is 3.86. The Labute approximate surface area is 94.5 Å². The van der Waals surface area contributed by atoms with Gasteiger partial charge in [-0.3, -0.25) is 0 Å². The molecule has 0 atom stereocenters. The lowest BCUT2D eigenvalue weighted by molar-refractivity contribution is 1.52. The predicted octanol–water partition coefficient (Wildman–Crippen LogP) is 3.66. The average Bonchev–Trinajstić information content (AvgIpc) is 2.49. The fourth-order valence-corrected chi connectivity index (χ4v) is 2.69. The van der Waals surface area contributed by atoms with E-state index in [1.807, 2.05) is 6.07 Å². The first kappa shape index (κ1) is 9.60. The van der Waals surface area contributed by atoms with Gasteiger partial charge in [0.05, 0.1) is 20.3 Å². The molecule has 2 N–H and O–H groups in total. The van der Waals surface area contributed by atoms with Crippen LogP contribution in [0.2, 0.25) is 10.0 Å². The standard InChI is InChI=1S/C9H4Cl2N2S/c10-6-2-1-4-5(3-12)9(13)14-8(4)7(6)11/h1-2H,13H2. The normalized spacial score (nSPS) is 10.4. The van der Waals surface area contributed by atoms with E-state index in [0.29, 0.717) is 20.6 Å². The largest absolute Gasteiger partial charge is 0.389 e. The molecule has 0 unspecified atom stereocenters. The molecule has 5 heteroatoms. The number of fused-ring (bicyclic) bond motifs is 1. The highest BCUT2D eigenvalue weighted by Crippen LogP contribution is 2.40. The summed E-state index contributed by atoms with van der Waals surface area (Å²) in [4.78, 5) is 0. The van der Waals surface area contributed by atoms with Crippen molar-refractivity contribution in [2.45, 2.75) is 0 Å². The first-order chi connectivity index (χ1) is 6.65. The molecule has 0 aliphatic rings. The van der Waals surface area contributed by atoms with E-state index in [9.17, 15) is 0 Å². The fourth-order valence-electron chi connectivity index (χ4n) is 1.24. The first-order valence-electron chi connectivity index (χ1n) is 3.71. The summed E-state index contributed by atoms with van der Waals surface area (Å²) in [6.45, 7) is 0. The molecule has 0 fully saturated rings. The van der Waals surface area contributed by atoms with Gasteiger partial charge < -0.3 is 5.73 Å². The third-order valence-electron chi connectivity index (χ3n) is 1.89. The van der Waals surface area contributed by atoms with Crippen LogP contribution in [-0.4, -0.2) is 0 Å². The minimum Gasteiger partial charge on any atom is -0.389 e. The van der Waals surface area contributed by atoms with Crippen LogP contribution in [0.4, 0.5) is 5.00 Å². The van der Waals surface area contributed by atoms with Gasteiger partial charge >= 0.3 is 0 Å². The maximum absolute atomic E-state index is 8.87. The van der Waals surface area contributed by atoms with Crippen LogP contribution in [0.3, 0.4) is 0 Å². The number of nitrogens with zero attached hydrogens (tertiary/aromatic N) is 1. The summed E-state index contributed by atoms with van der Waals surface area (Å²) in [6, 6.07) is 5.47. The molecular weight excluding hydrogens is 239 g/mol. The van der Waals surface area contributed by atoms with Crippen molar-refractivity contribution in [1.82, 2.24) is 0 Å². The molecule has 14 heavy (non-hydrogen) atoms. The van der Waals surface area contributed by atoms with Gasteiger partial charge in [-0.05, 0) is 6.07 Å². The van der Waals surface area contributed by atoms with E-state index in [2.05, 4.69) is 0 Å². The summed E-state index contributed by atoms with van der Waals surface area (Å²) in [7, 11) is 0. The Morgan fingerprint density at radius 1 is 1.36 bits per heavy atom. The molecule has 0 saturated heterocycles. The molecule has 0 saturated carbocycles. The molecule has 2 nitrogen and oxygen atoms in total. The molecule has 70 valence electrons. The molecule has 0 radical (unpaired) electrons. The molecular formula is C9H4Cl2N2S. The summed E-state index contributed by atoms with van der Waals surface area (Å²) in [5.41, 5.74) is 6.15. The molecule has 0 aliphatic carbocycles. The van der Waals surface area contributed by atoms with Crippen molar-refractivity contribution >= 4 is 49.6 Å². The first-order valence-corrected chi connectivity index (χ1v) is 5.28. The molecule has 0 bridgehead atoms. The van der Waals surface area contributed by atoms with Gasteiger partial charge in [0.1, 0.15) is 11.1 Å². The lowest BCUT2D eigenvalue weighted by atomic mass is 10.2. The Morgan fingerprint density at radius 2 is 2.07 bits per heavy atom. The number of nitrogen functional groups attached to an aromatic ring is 1. The Balaban J connectivity index is 2.96. The second kappa shape index (κ2) is 3.32. The van der Waals surface area contributed by atoms with Gasteiger partial charge in [-0.25, -0.2) is 0 Å². The maximum Gasteiger partial charge on any atom is 0.105 e. The number of nitriles is 1. The van der Waals surface area contributed by atoms with Gasteiger partial charge in [0.15, 0.2) is 0 Å². The zero-order valence-corrected chi connectivity index (χ0v) is 9.17. The van der Waals surface area contributed by atoms with E-state index in [1.165, 1.54) is 11.3 Å². The number of rotatable bonds is 0. The number of halogens is 2. The van der Waals surface area contributed by atoms with E-state index in [4.69, 9.17) is 34.2 Å². The van der Waals surface area contributed by atoms with Crippen molar-refractivity contribution in [2.24, 2.45) is 0 Å². The SMILES string of the molecule is N#Cc1c(N)sc2c(Cl)c(Cl)ccc12. The van der Waals surface area contributed by atoms with Crippen LogP contribution in [0.1, 0.15) is 5.56 Å². The van der Waals surface area contributed by atoms with E-state index >= 15 is 0 Å². The van der Waals surface area contributed by atoms with Gasteiger partial charge in [0.25, 0.3) is 0 Å². The highest BCUT2D eigenvalue weighted by molar-refractivity contribution is 7.23. The highest BCUT2D eigenvalue weighted by Gasteiger charge is 2.13. The van der Waals surface area contributed by atoms with Crippen molar-refractivity contribution in [2.75, 3.05) is 5.73 Å². The number of thiophene rings is 1. The molecule has 1 heterocycles. The molecule has 0 aliphatic heterocycles. The van der Waals surface area contributed by atoms with Gasteiger partial charge in [-0.2, -0.15) is 5.26 Å². The Hall–Kier alpha value is -0.950. The zero-order chi connectivity index (χ0) is 10.3. The maximum atomic E-state index is 8.87. The number of hydrogen-bond acceptors (Lipinski definition) is 3. The Bertz CT molecular complexity index is 554. The summed E-state index contributed by atoms with van der Waals surface area (Å²) in [5, 5.41) is 11.0. The minimum absolute atomic E-state index is 0.461. The monoisotopic (exact) mass is 242 g/mol. The Kier molecular flexibility index (Phi) is 2.28. The fraction of sp³-hybridized carbons (Fsp3) is 0. The number of nitrogens with two attached hydrogens (primary N) is 1. The van der Waals surface area contributed by atoms with Crippen LogP contribution >= 0.6 is 34.5 Å². The number of anilines is 1. The topological polar surface area (TPSA) is 49.8 Å². The van der Waals surface area contributed by atoms with Crippen LogP contribution in [0.25, 0.3) is 10.1 Å². The van der Waals surface area contributed by atoms with Crippen LogP contribution in [0, 0.1) is 11.3 Å². The van der Waals surface area contributed by atoms with Gasteiger partial charge in [0, 0.05) is 5.39 Å². The van der Waals surface area contributed by atoms with E-state index in [-0.39, 0.29) is 0 Å². The van der Waals surface area contributed by atoms with E-state index < -0.39 is 0 Å². The molecule has 0 spiro atoms. The van der Waals surface area contributed by atoms with E-state index in [0.717, 1.165) is 10.1 Å². The molecule has 2 aromatic rings. The van der Waals surface area contributed by atoms with Crippen LogP contribution in [0.5, 0.6) is 0 Å². The molecule has 0 amide bonds. The minimum atomic E-state index is 0.461. The van der Waals surface area contributed by atoms with Crippen molar-refractivity contribution in [3.63, 3.8) is 0 Å². The molecule has 1 aromatic carbocycles. The van der Waals surface area contributed by atoms with Crippen molar-refractivity contribution in [3.8, 4) is 6.07 Å². The summed E-state index contributed by atoms with van der Waals surface area (Å²) in [5.74, 6) is 0. The number of benzene rings is 1. The number of hydrogen-bond donors (Lipinski definition) is 1. The van der Waals surface area contributed by atoms with Gasteiger partial charge in [-0.15, -0.1) is 11.3 Å². The van der Waals surface area contributed by atoms with Crippen LogP contribution in [0.15, 0.2) is 12.1 Å². The second-order valence-corrected chi connectivity index (χ2v) is 4.53. The summed E-state index contributed by atoms with van der Waals surface area (Å²) in [6.07, 6.45) is 0.